The first-order chi connectivity index (χ1) is 12.3. The summed E-state index contributed by atoms with van der Waals surface area (Å²) in [5.41, 5.74) is 7.71. The highest BCUT2D eigenvalue weighted by Gasteiger charge is 2.30. The van der Waals surface area contributed by atoms with E-state index in [0.717, 1.165) is 5.56 Å². The summed E-state index contributed by atoms with van der Waals surface area (Å²) in [6, 6.07) is 11.3. The van der Waals surface area contributed by atoms with Crippen LogP contribution in [0.3, 0.4) is 0 Å². The maximum Gasteiger partial charge on any atom is 0.254 e. The summed E-state index contributed by atoms with van der Waals surface area (Å²) in [6.45, 7) is 3.02. The number of carbonyl (C=O) groups is 1. The van der Waals surface area contributed by atoms with Crippen LogP contribution >= 0.6 is 24.0 Å². The minimum absolute atomic E-state index is 0. The number of hydrogen-bond donors (Lipinski definition) is 1. The minimum Gasteiger partial charge on any atom is -0.399 e. The number of halogens is 2. The maximum absolute atomic E-state index is 12.7. The Balaban J connectivity index is 0.00000261. The van der Waals surface area contributed by atoms with Gasteiger partial charge in [0.2, 0.25) is 10.0 Å². The van der Waals surface area contributed by atoms with E-state index >= 15 is 0 Å². The van der Waals surface area contributed by atoms with Gasteiger partial charge in [-0.15, -0.1) is 12.4 Å². The van der Waals surface area contributed by atoms with Gasteiger partial charge in [0, 0.05) is 42.5 Å². The van der Waals surface area contributed by atoms with Crippen LogP contribution in [-0.2, 0) is 10.0 Å². The number of carbonyl (C=O) groups excluding carboxylic acids is 1. The Morgan fingerprint density at radius 1 is 1.04 bits per heavy atom. The second-order valence-corrected chi connectivity index (χ2v) is 8.60. The van der Waals surface area contributed by atoms with Crippen molar-refractivity contribution in [1.82, 2.24) is 9.21 Å². The van der Waals surface area contributed by atoms with Crippen LogP contribution in [0.4, 0.5) is 5.69 Å². The maximum atomic E-state index is 12.7. The van der Waals surface area contributed by atoms with Crippen LogP contribution in [0, 0.1) is 6.92 Å². The fraction of sp³-hybridized carbons (Fsp3) is 0.278. The number of nitrogen functional groups attached to an aromatic ring is 1. The van der Waals surface area contributed by atoms with Crippen LogP contribution in [-0.4, -0.2) is 49.7 Å². The van der Waals surface area contributed by atoms with Crippen molar-refractivity contribution in [3.05, 3.63) is 58.6 Å². The molecule has 0 unspecified atom stereocenters. The molecule has 2 aromatic carbocycles. The SMILES string of the molecule is Cc1ccc(N)cc1C(=O)N1CCN(S(=O)(=O)c2ccc(Cl)cc2)CC1.Cl. The average Bonchev–Trinajstić information content (AvgIpc) is 2.63. The van der Waals surface area contributed by atoms with Crippen molar-refractivity contribution in [2.45, 2.75) is 11.8 Å². The standard InChI is InChI=1S/C18H20ClN3O3S.ClH/c1-13-2-5-15(20)12-17(13)18(23)21-8-10-22(11-9-21)26(24,25)16-6-3-14(19)4-7-16;/h2-7,12H,8-11,20H2,1H3;1H. The summed E-state index contributed by atoms with van der Waals surface area (Å²) in [6.07, 6.45) is 0. The third-order valence-corrected chi connectivity index (χ3v) is 6.63. The van der Waals surface area contributed by atoms with Crippen LogP contribution in [0.5, 0.6) is 0 Å². The Bertz CT molecular complexity index is 925. The Morgan fingerprint density at radius 2 is 1.63 bits per heavy atom. The molecule has 1 fully saturated rings. The predicted octanol–water partition coefficient (Wildman–Crippen LogP) is 2.80. The lowest BCUT2D eigenvalue weighted by atomic mass is 10.1. The molecule has 9 heteroatoms. The number of hydrogen-bond acceptors (Lipinski definition) is 4. The van der Waals surface area contributed by atoms with Gasteiger partial charge in [0.15, 0.2) is 0 Å². The first kappa shape index (κ1) is 21.5. The monoisotopic (exact) mass is 429 g/mol. The molecule has 2 aromatic rings. The molecule has 1 amide bonds. The first-order valence-electron chi connectivity index (χ1n) is 8.20. The van der Waals surface area contributed by atoms with Gasteiger partial charge in [0.1, 0.15) is 0 Å². The summed E-state index contributed by atoms with van der Waals surface area (Å²) >= 11 is 5.82. The quantitative estimate of drug-likeness (QED) is 0.760. The molecule has 146 valence electrons. The summed E-state index contributed by atoms with van der Waals surface area (Å²) in [4.78, 5) is 14.6. The highest BCUT2D eigenvalue weighted by atomic mass is 35.5. The van der Waals surface area contributed by atoms with Gasteiger partial charge in [0.25, 0.3) is 5.91 Å². The number of sulfonamides is 1. The summed E-state index contributed by atoms with van der Waals surface area (Å²) in [7, 11) is -3.59. The molecule has 1 saturated heterocycles. The fourth-order valence-electron chi connectivity index (χ4n) is 2.93. The number of amides is 1. The highest BCUT2D eigenvalue weighted by Crippen LogP contribution is 2.21. The molecule has 0 radical (unpaired) electrons. The molecule has 2 N–H and O–H groups in total. The van der Waals surface area contributed by atoms with E-state index in [4.69, 9.17) is 17.3 Å². The van der Waals surface area contributed by atoms with E-state index < -0.39 is 10.0 Å². The number of nitrogens with two attached hydrogens (primary N) is 1. The summed E-state index contributed by atoms with van der Waals surface area (Å²) < 4.78 is 26.8. The average molecular weight is 430 g/mol. The number of piperazine rings is 1. The molecule has 1 aliphatic rings. The lowest BCUT2D eigenvalue weighted by molar-refractivity contribution is 0.0697. The number of aryl methyl sites for hydroxylation is 1. The lowest BCUT2D eigenvalue weighted by Crippen LogP contribution is -2.50. The molecular formula is C18H21Cl2N3O3S. The molecule has 0 aromatic heterocycles. The second kappa shape index (κ2) is 8.48. The number of benzene rings is 2. The van der Waals surface area contributed by atoms with Crippen LogP contribution in [0.15, 0.2) is 47.4 Å². The van der Waals surface area contributed by atoms with Gasteiger partial charge in [-0.3, -0.25) is 4.79 Å². The summed E-state index contributed by atoms with van der Waals surface area (Å²) in [5.74, 6) is -0.127. The molecule has 1 heterocycles. The second-order valence-electron chi connectivity index (χ2n) is 6.22. The highest BCUT2D eigenvalue weighted by molar-refractivity contribution is 7.89. The van der Waals surface area contributed by atoms with Gasteiger partial charge < -0.3 is 10.6 Å². The molecule has 0 saturated carbocycles. The van der Waals surface area contributed by atoms with Crippen molar-refractivity contribution in [2.24, 2.45) is 0 Å². The van der Waals surface area contributed by atoms with Crippen molar-refractivity contribution >= 4 is 45.6 Å². The minimum atomic E-state index is -3.59. The third-order valence-electron chi connectivity index (χ3n) is 4.47. The third kappa shape index (κ3) is 4.55. The molecule has 0 aliphatic carbocycles. The van der Waals surface area contributed by atoms with Crippen molar-refractivity contribution in [3.8, 4) is 0 Å². The van der Waals surface area contributed by atoms with Crippen molar-refractivity contribution in [2.75, 3.05) is 31.9 Å². The van der Waals surface area contributed by atoms with Gasteiger partial charge in [-0.1, -0.05) is 17.7 Å². The van der Waals surface area contributed by atoms with Crippen LogP contribution < -0.4 is 5.73 Å². The van der Waals surface area contributed by atoms with Gasteiger partial charge >= 0.3 is 0 Å². The molecular weight excluding hydrogens is 409 g/mol. The number of anilines is 1. The predicted molar refractivity (Wildman–Crippen MR) is 109 cm³/mol. The Labute approximate surface area is 170 Å². The van der Waals surface area contributed by atoms with Crippen LogP contribution in [0.25, 0.3) is 0 Å². The molecule has 6 nitrogen and oxygen atoms in total. The zero-order valence-electron chi connectivity index (χ0n) is 14.8. The van der Waals surface area contributed by atoms with Crippen molar-refractivity contribution in [3.63, 3.8) is 0 Å². The zero-order valence-corrected chi connectivity index (χ0v) is 17.1. The molecule has 1 aliphatic heterocycles. The zero-order chi connectivity index (χ0) is 18.9. The molecule has 3 rings (SSSR count). The van der Waals surface area contributed by atoms with E-state index in [2.05, 4.69) is 0 Å². The molecule has 0 bridgehead atoms. The van der Waals surface area contributed by atoms with Crippen molar-refractivity contribution < 1.29 is 13.2 Å². The van der Waals surface area contributed by atoms with Gasteiger partial charge in [0.05, 0.1) is 4.90 Å². The van der Waals surface area contributed by atoms with E-state index in [9.17, 15) is 13.2 Å². The Hall–Kier alpha value is -1.80. The molecule has 0 spiro atoms. The smallest absolute Gasteiger partial charge is 0.254 e. The summed E-state index contributed by atoms with van der Waals surface area (Å²) in [5, 5.41) is 0.483. The fourth-order valence-corrected chi connectivity index (χ4v) is 4.48. The van der Waals surface area contributed by atoms with Crippen molar-refractivity contribution in [1.29, 1.82) is 0 Å². The van der Waals surface area contributed by atoms with E-state index in [0.29, 0.717) is 29.4 Å². The van der Waals surface area contributed by atoms with E-state index in [1.54, 1.807) is 29.2 Å². The van der Waals surface area contributed by atoms with Gasteiger partial charge in [-0.25, -0.2) is 8.42 Å². The topological polar surface area (TPSA) is 83.7 Å². The van der Waals surface area contributed by atoms with E-state index in [1.165, 1.54) is 16.4 Å². The first-order valence-corrected chi connectivity index (χ1v) is 10.0. The number of nitrogens with zero attached hydrogens (tertiary/aromatic N) is 2. The molecule has 0 atom stereocenters. The molecule has 27 heavy (non-hydrogen) atoms. The van der Waals surface area contributed by atoms with Gasteiger partial charge in [-0.2, -0.15) is 4.31 Å². The van der Waals surface area contributed by atoms with Gasteiger partial charge in [-0.05, 0) is 48.9 Å². The number of rotatable bonds is 3. The normalized spacial score (nSPS) is 15.3. The van der Waals surface area contributed by atoms with Crippen LogP contribution in [0.1, 0.15) is 15.9 Å². The Kier molecular flexibility index (Phi) is 6.75. The van der Waals surface area contributed by atoms with E-state index in [1.807, 2.05) is 13.0 Å². The van der Waals surface area contributed by atoms with Crippen LogP contribution in [0.2, 0.25) is 5.02 Å². The largest absolute Gasteiger partial charge is 0.399 e. The Morgan fingerprint density at radius 3 is 2.22 bits per heavy atom. The van der Waals surface area contributed by atoms with E-state index in [-0.39, 0.29) is 36.3 Å². The lowest BCUT2D eigenvalue weighted by Gasteiger charge is -2.34.